The van der Waals surface area contributed by atoms with Crippen molar-refractivity contribution in [2.24, 2.45) is 0 Å². The van der Waals surface area contributed by atoms with Crippen LogP contribution in [0.15, 0.2) is 0 Å². The Morgan fingerprint density at radius 1 is 1.29 bits per heavy atom. The molecule has 6 heteroatoms. The summed E-state index contributed by atoms with van der Waals surface area (Å²) in [6.07, 6.45) is 6.47. The number of rotatable bonds is 2. The van der Waals surface area contributed by atoms with Crippen LogP contribution in [0.3, 0.4) is 0 Å². The van der Waals surface area contributed by atoms with Gasteiger partial charge in [-0.2, -0.15) is 0 Å². The van der Waals surface area contributed by atoms with Crippen LogP contribution in [0.2, 0.25) is 5.28 Å². The molecule has 114 valence electrons. The molecule has 1 N–H and O–H groups in total. The second-order valence-electron chi connectivity index (χ2n) is 5.93. The van der Waals surface area contributed by atoms with Crippen LogP contribution in [0.5, 0.6) is 0 Å². The Balaban J connectivity index is 1.85. The standard InChI is InChI=1S/C15H21ClN4O/c1-10(21)17-11-5-4-8-20(9-11)14-12-6-2-3-7-13(12)18-15(16)19-14/h11H,2-9H2,1H3,(H,17,21)/t11-/m1/s1. The van der Waals surface area contributed by atoms with Gasteiger partial charge in [0.1, 0.15) is 5.82 Å². The van der Waals surface area contributed by atoms with Gasteiger partial charge in [0.05, 0.1) is 5.69 Å². The minimum atomic E-state index is 0.0320. The molecule has 0 unspecified atom stereocenters. The molecule has 1 aliphatic heterocycles. The number of hydrogen-bond acceptors (Lipinski definition) is 4. The van der Waals surface area contributed by atoms with Crippen LogP contribution in [0.1, 0.15) is 43.9 Å². The first kappa shape index (κ1) is 14.6. The summed E-state index contributed by atoms with van der Waals surface area (Å²) >= 11 is 6.10. The van der Waals surface area contributed by atoms with Gasteiger partial charge in [-0.25, -0.2) is 9.97 Å². The van der Waals surface area contributed by atoms with Crippen LogP contribution >= 0.6 is 11.6 Å². The molecule has 0 spiro atoms. The van der Waals surface area contributed by atoms with E-state index in [-0.39, 0.29) is 11.9 Å². The quantitative estimate of drug-likeness (QED) is 0.850. The number of nitrogens with one attached hydrogen (secondary N) is 1. The third-order valence-corrected chi connectivity index (χ3v) is 4.43. The molecule has 3 rings (SSSR count). The molecule has 1 atom stereocenters. The highest BCUT2D eigenvalue weighted by molar-refractivity contribution is 6.28. The summed E-state index contributed by atoms with van der Waals surface area (Å²) in [5, 5.41) is 3.36. The summed E-state index contributed by atoms with van der Waals surface area (Å²) in [7, 11) is 0. The Bertz CT molecular complexity index is 549. The van der Waals surface area contributed by atoms with E-state index in [4.69, 9.17) is 11.6 Å². The zero-order chi connectivity index (χ0) is 14.8. The van der Waals surface area contributed by atoms with E-state index < -0.39 is 0 Å². The number of nitrogens with zero attached hydrogens (tertiary/aromatic N) is 3. The molecule has 1 aliphatic carbocycles. The number of halogens is 1. The van der Waals surface area contributed by atoms with E-state index in [2.05, 4.69) is 20.2 Å². The van der Waals surface area contributed by atoms with E-state index in [1.807, 2.05) is 0 Å². The van der Waals surface area contributed by atoms with Crippen LogP contribution in [-0.4, -0.2) is 35.0 Å². The van der Waals surface area contributed by atoms with Gasteiger partial charge >= 0.3 is 0 Å². The van der Waals surface area contributed by atoms with E-state index in [0.29, 0.717) is 5.28 Å². The van der Waals surface area contributed by atoms with E-state index in [9.17, 15) is 4.79 Å². The Labute approximate surface area is 130 Å². The fourth-order valence-electron chi connectivity index (χ4n) is 3.38. The molecule has 2 aliphatic rings. The number of piperidine rings is 1. The van der Waals surface area contributed by atoms with Crippen LogP contribution in [0.4, 0.5) is 5.82 Å². The largest absolute Gasteiger partial charge is 0.354 e. The Hall–Kier alpha value is -1.36. The molecule has 1 fully saturated rings. The molecule has 0 bridgehead atoms. The maximum atomic E-state index is 11.3. The van der Waals surface area contributed by atoms with Crippen LogP contribution in [-0.2, 0) is 17.6 Å². The minimum absolute atomic E-state index is 0.0320. The highest BCUT2D eigenvalue weighted by Gasteiger charge is 2.26. The number of aryl methyl sites for hydroxylation is 1. The summed E-state index contributed by atoms with van der Waals surface area (Å²) < 4.78 is 0. The van der Waals surface area contributed by atoms with Crippen LogP contribution in [0, 0.1) is 0 Å². The summed E-state index contributed by atoms with van der Waals surface area (Å²) in [6.45, 7) is 3.34. The third kappa shape index (κ3) is 3.28. The highest BCUT2D eigenvalue weighted by atomic mass is 35.5. The number of anilines is 1. The van der Waals surface area contributed by atoms with Gasteiger partial charge in [-0.15, -0.1) is 0 Å². The van der Waals surface area contributed by atoms with E-state index >= 15 is 0 Å². The number of fused-ring (bicyclic) bond motifs is 1. The number of aromatic nitrogens is 2. The Morgan fingerprint density at radius 3 is 2.90 bits per heavy atom. The first-order chi connectivity index (χ1) is 10.1. The number of amides is 1. The SMILES string of the molecule is CC(=O)N[C@@H]1CCCN(c2nc(Cl)nc3c2CCCC3)C1. The molecular weight excluding hydrogens is 288 g/mol. The highest BCUT2D eigenvalue weighted by Crippen LogP contribution is 2.30. The number of carbonyl (C=O) groups is 1. The smallest absolute Gasteiger partial charge is 0.224 e. The van der Waals surface area contributed by atoms with E-state index in [1.165, 1.54) is 18.4 Å². The Morgan fingerprint density at radius 2 is 2.10 bits per heavy atom. The predicted molar refractivity (Wildman–Crippen MR) is 82.7 cm³/mol. The van der Waals surface area contributed by atoms with Gasteiger partial charge in [-0.1, -0.05) is 0 Å². The lowest BCUT2D eigenvalue weighted by atomic mass is 9.95. The molecule has 1 amide bonds. The zero-order valence-corrected chi connectivity index (χ0v) is 13.1. The second kappa shape index (κ2) is 6.18. The average molecular weight is 309 g/mol. The summed E-state index contributed by atoms with van der Waals surface area (Å²) in [5.74, 6) is 1.02. The predicted octanol–water partition coefficient (Wildman–Crippen LogP) is 2.11. The summed E-state index contributed by atoms with van der Waals surface area (Å²) in [5.41, 5.74) is 2.37. The van der Waals surface area contributed by atoms with Gasteiger partial charge in [0.15, 0.2) is 0 Å². The van der Waals surface area contributed by atoms with Crippen molar-refractivity contribution in [3.05, 3.63) is 16.5 Å². The van der Waals surface area contributed by atoms with Gasteiger partial charge < -0.3 is 10.2 Å². The van der Waals surface area contributed by atoms with Crippen molar-refractivity contribution in [3.63, 3.8) is 0 Å². The molecule has 1 aromatic rings. The van der Waals surface area contributed by atoms with Gasteiger partial charge in [-0.05, 0) is 50.1 Å². The maximum Gasteiger partial charge on any atom is 0.224 e. The topological polar surface area (TPSA) is 58.1 Å². The van der Waals surface area contributed by atoms with Crippen molar-refractivity contribution < 1.29 is 4.79 Å². The molecule has 1 aromatic heterocycles. The molecule has 0 aromatic carbocycles. The number of carbonyl (C=O) groups excluding carboxylic acids is 1. The average Bonchev–Trinajstić information content (AvgIpc) is 2.46. The maximum absolute atomic E-state index is 11.3. The first-order valence-electron chi connectivity index (χ1n) is 7.71. The van der Waals surface area contributed by atoms with Crippen molar-refractivity contribution in [2.75, 3.05) is 18.0 Å². The molecule has 5 nitrogen and oxygen atoms in total. The molecule has 2 heterocycles. The fourth-order valence-corrected chi connectivity index (χ4v) is 3.56. The second-order valence-corrected chi connectivity index (χ2v) is 6.27. The lowest BCUT2D eigenvalue weighted by Crippen LogP contribution is -2.47. The van der Waals surface area contributed by atoms with Crippen molar-refractivity contribution in [3.8, 4) is 0 Å². The molecular formula is C15H21ClN4O. The van der Waals surface area contributed by atoms with Crippen molar-refractivity contribution in [1.82, 2.24) is 15.3 Å². The van der Waals surface area contributed by atoms with Gasteiger partial charge in [0, 0.05) is 31.6 Å². The van der Waals surface area contributed by atoms with Crippen LogP contribution in [0.25, 0.3) is 0 Å². The third-order valence-electron chi connectivity index (χ3n) is 4.26. The molecule has 0 radical (unpaired) electrons. The van der Waals surface area contributed by atoms with Crippen molar-refractivity contribution >= 4 is 23.3 Å². The normalized spacial score (nSPS) is 21.8. The van der Waals surface area contributed by atoms with E-state index in [0.717, 1.165) is 50.3 Å². The van der Waals surface area contributed by atoms with Crippen LogP contribution < -0.4 is 10.2 Å². The van der Waals surface area contributed by atoms with Crippen molar-refractivity contribution in [1.29, 1.82) is 0 Å². The molecule has 1 saturated heterocycles. The van der Waals surface area contributed by atoms with Crippen molar-refractivity contribution in [2.45, 2.75) is 51.5 Å². The summed E-state index contributed by atoms with van der Waals surface area (Å²) in [4.78, 5) is 22.4. The number of hydrogen-bond donors (Lipinski definition) is 1. The molecule has 0 saturated carbocycles. The first-order valence-corrected chi connectivity index (χ1v) is 8.08. The monoisotopic (exact) mass is 308 g/mol. The van der Waals surface area contributed by atoms with Gasteiger partial charge in [0.2, 0.25) is 11.2 Å². The lowest BCUT2D eigenvalue weighted by molar-refractivity contribution is -0.119. The van der Waals surface area contributed by atoms with Gasteiger partial charge in [0.25, 0.3) is 0 Å². The molecule has 21 heavy (non-hydrogen) atoms. The Kier molecular flexibility index (Phi) is 4.29. The van der Waals surface area contributed by atoms with Gasteiger partial charge in [-0.3, -0.25) is 4.79 Å². The zero-order valence-electron chi connectivity index (χ0n) is 12.4. The minimum Gasteiger partial charge on any atom is -0.354 e. The lowest BCUT2D eigenvalue weighted by Gasteiger charge is -2.35. The van der Waals surface area contributed by atoms with E-state index in [1.54, 1.807) is 6.92 Å². The fraction of sp³-hybridized carbons (Fsp3) is 0.667. The summed E-state index contributed by atoms with van der Waals surface area (Å²) in [6, 6.07) is 0.198.